The van der Waals surface area contributed by atoms with Crippen LogP contribution in [0.25, 0.3) is 0 Å². The van der Waals surface area contributed by atoms with Crippen molar-refractivity contribution in [2.45, 2.75) is 19.9 Å². The average Bonchev–Trinajstić information content (AvgIpc) is 2.86. The monoisotopic (exact) mass is 259 g/mol. The highest BCUT2D eigenvalue weighted by Crippen LogP contribution is 2.45. The van der Waals surface area contributed by atoms with E-state index in [1.54, 1.807) is 0 Å². The second-order valence-corrected chi connectivity index (χ2v) is 5.69. The van der Waals surface area contributed by atoms with Crippen LogP contribution in [0.3, 0.4) is 0 Å². The number of likely N-dealkylation sites (tertiary alicyclic amines) is 1. The zero-order chi connectivity index (χ0) is 13.6. The minimum Gasteiger partial charge on any atom is -0.392 e. The van der Waals surface area contributed by atoms with Gasteiger partial charge in [-0.25, -0.2) is 0 Å². The van der Waals surface area contributed by atoms with Crippen molar-refractivity contribution in [1.29, 1.82) is 0 Å². The number of hydrogen-bond donors (Lipinski definition) is 0. The number of ether oxygens (including phenoxy) is 1. The van der Waals surface area contributed by atoms with Crippen LogP contribution in [0.2, 0.25) is 0 Å². The summed E-state index contributed by atoms with van der Waals surface area (Å²) in [7, 11) is 0. The van der Waals surface area contributed by atoms with Crippen LogP contribution in [-0.2, 0) is 14.3 Å². The summed E-state index contributed by atoms with van der Waals surface area (Å²) in [5.74, 6) is -1.05. The molecule has 4 nitrogen and oxygen atoms in total. The predicted molar refractivity (Wildman–Crippen MR) is 69.1 cm³/mol. The van der Waals surface area contributed by atoms with Gasteiger partial charge >= 0.3 is 11.9 Å². The van der Waals surface area contributed by atoms with Gasteiger partial charge in [0.2, 0.25) is 0 Å². The first kappa shape index (κ1) is 12.4. The van der Waals surface area contributed by atoms with E-state index < -0.39 is 5.41 Å². The lowest BCUT2D eigenvalue weighted by atomic mass is 9.82. The van der Waals surface area contributed by atoms with Gasteiger partial charge in [-0.05, 0) is 19.4 Å². The Hall–Kier alpha value is -1.68. The Morgan fingerprint density at radius 3 is 2.63 bits per heavy atom. The molecule has 0 N–H and O–H groups in total. The number of carbonyl (C=O) groups excluding carboxylic acids is 2. The van der Waals surface area contributed by atoms with E-state index >= 15 is 0 Å². The van der Waals surface area contributed by atoms with E-state index in [4.69, 9.17) is 4.74 Å². The predicted octanol–water partition coefficient (Wildman–Crippen LogP) is 1.77. The third-order valence-corrected chi connectivity index (χ3v) is 4.49. The molecular weight excluding hydrogens is 242 g/mol. The summed E-state index contributed by atoms with van der Waals surface area (Å²) in [6.45, 7) is 5.12. The summed E-state index contributed by atoms with van der Waals surface area (Å²) in [6, 6.07) is 10.3. The Balaban J connectivity index is 1.83. The van der Waals surface area contributed by atoms with Crippen LogP contribution in [-0.4, -0.2) is 29.9 Å². The summed E-state index contributed by atoms with van der Waals surface area (Å²) in [6.07, 6.45) is 0. The number of fused-ring (bicyclic) bond motifs is 1. The maximum absolute atomic E-state index is 11.8. The summed E-state index contributed by atoms with van der Waals surface area (Å²) in [4.78, 5) is 25.7. The van der Waals surface area contributed by atoms with Gasteiger partial charge in [0.1, 0.15) is 0 Å². The van der Waals surface area contributed by atoms with Gasteiger partial charge in [-0.2, -0.15) is 0 Å². The fourth-order valence-electron chi connectivity index (χ4n) is 3.09. The Kier molecular flexibility index (Phi) is 2.71. The van der Waals surface area contributed by atoms with Crippen molar-refractivity contribution in [2.75, 3.05) is 13.1 Å². The maximum atomic E-state index is 11.8. The Morgan fingerprint density at radius 1 is 1.32 bits per heavy atom. The van der Waals surface area contributed by atoms with Crippen LogP contribution in [0.5, 0.6) is 0 Å². The molecule has 2 heterocycles. The molecule has 1 aromatic rings. The summed E-state index contributed by atoms with van der Waals surface area (Å²) in [5.41, 5.74) is 0.534. The molecule has 0 spiro atoms. The summed E-state index contributed by atoms with van der Waals surface area (Å²) < 4.78 is 4.76. The maximum Gasteiger partial charge on any atom is 0.321 e. The van der Waals surface area contributed by atoms with Crippen molar-refractivity contribution in [1.82, 2.24) is 4.90 Å². The largest absolute Gasteiger partial charge is 0.392 e. The molecule has 0 saturated carbocycles. The molecule has 1 aromatic carbocycles. The van der Waals surface area contributed by atoms with Crippen LogP contribution < -0.4 is 0 Å². The quantitative estimate of drug-likeness (QED) is 0.600. The van der Waals surface area contributed by atoms with E-state index in [-0.39, 0.29) is 23.9 Å². The lowest BCUT2D eigenvalue weighted by molar-refractivity contribution is -0.156. The highest BCUT2D eigenvalue weighted by atomic mass is 16.6. The fraction of sp³-hybridized carbons (Fsp3) is 0.467. The van der Waals surface area contributed by atoms with Crippen molar-refractivity contribution in [2.24, 2.45) is 11.3 Å². The normalized spacial score (nSPS) is 32.2. The first-order valence-corrected chi connectivity index (χ1v) is 6.57. The van der Waals surface area contributed by atoms with Gasteiger partial charge in [0.15, 0.2) is 0 Å². The number of hydrogen-bond acceptors (Lipinski definition) is 4. The average molecular weight is 259 g/mol. The van der Waals surface area contributed by atoms with Crippen LogP contribution >= 0.6 is 0 Å². The molecule has 2 fully saturated rings. The molecule has 100 valence electrons. The first-order valence-electron chi connectivity index (χ1n) is 6.57. The molecule has 0 bridgehead atoms. The lowest BCUT2D eigenvalue weighted by Gasteiger charge is -2.26. The van der Waals surface area contributed by atoms with Crippen molar-refractivity contribution in [3.05, 3.63) is 35.9 Å². The van der Waals surface area contributed by atoms with Gasteiger partial charge in [0.25, 0.3) is 0 Å². The molecule has 0 aromatic heterocycles. The number of benzene rings is 1. The Morgan fingerprint density at radius 2 is 2.00 bits per heavy atom. The highest BCUT2D eigenvalue weighted by molar-refractivity contribution is 5.99. The van der Waals surface area contributed by atoms with Crippen molar-refractivity contribution in [3.8, 4) is 0 Å². The second-order valence-electron chi connectivity index (χ2n) is 5.69. The number of nitrogens with zero attached hydrogens (tertiary/aromatic N) is 1. The van der Waals surface area contributed by atoms with E-state index in [1.165, 1.54) is 5.56 Å². The molecule has 0 amide bonds. The Bertz CT molecular complexity index is 527. The number of cyclic esters (lactones) is 2. The number of rotatable bonds is 2. The molecule has 3 atom stereocenters. The topological polar surface area (TPSA) is 46.6 Å². The van der Waals surface area contributed by atoms with Gasteiger partial charge < -0.3 is 4.74 Å². The molecule has 2 saturated heterocycles. The van der Waals surface area contributed by atoms with Gasteiger partial charge in [-0.1, -0.05) is 30.3 Å². The van der Waals surface area contributed by atoms with Crippen molar-refractivity contribution < 1.29 is 14.3 Å². The van der Waals surface area contributed by atoms with Crippen molar-refractivity contribution >= 4 is 11.9 Å². The Labute approximate surface area is 112 Å². The van der Waals surface area contributed by atoms with Crippen LogP contribution in [0.15, 0.2) is 30.3 Å². The highest BCUT2D eigenvalue weighted by Gasteiger charge is 2.60. The van der Waals surface area contributed by atoms with E-state index in [2.05, 4.69) is 24.0 Å². The second kappa shape index (κ2) is 4.17. The molecule has 0 unspecified atom stereocenters. The van der Waals surface area contributed by atoms with E-state index in [1.807, 2.05) is 25.1 Å². The zero-order valence-corrected chi connectivity index (χ0v) is 11.1. The van der Waals surface area contributed by atoms with Crippen LogP contribution in [0.1, 0.15) is 25.5 Å². The van der Waals surface area contributed by atoms with E-state index in [9.17, 15) is 9.59 Å². The van der Waals surface area contributed by atoms with Gasteiger partial charge in [-0.15, -0.1) is 0 Å². The van der Waals surface area contributed by atoms with Crippen LogP contribution in [0.4, 0.5) is 0 Å². The number of esters is 2. The molecule has 3 rings (SSSR count). The molecule has 2 aliphatic rings. The third-order valence-electron chi connectivity index (χ3n) is 4.49. The molecule has 0 aliphatic carbocycles. The minimum absolute atomic E-state index is 0.198. The third kappa shape index (κ3) is 1.78. The number of carbonyl (C=O) groups is 2. The fourth-order valence-corrected chi connectivity index (χ4v) is 3.09. The standard InChI is InChI=1S/C15H17NO3/c1-10(11-6-4-3-5-7-11)16-8-12-13(17)19-14(18)15(12,2)9-16/h3-7,10,12H,8-9H2,1-2H3/t10-,12-,15+/m1/s1. The van der Waals surface area contributed by atoms with Crippen LogP contribution in [0, 0.1) is 11.3 Å². The summed E-state index contributed by atoms with van der Waals surface area (Å²) >= 11 is 0. The SMILES string of the molecule is C[C@H](c1ccccc1)N1C[C@@H]2C(=O)OC(=O)[C@@]2(C)C1. The van der Waals surface area contributed by atoms with Gasteiger partial charge in [-0.3, -0.25) is 14.5 Å². The lowest BCUT2D eigenvalue weighted by Crippen LogP contribution is -2.32. The smallest absolute Gasteiger partial charge is 0.321 e. The van der Waals surface area contributed by atoms with Gasteiger partial charge in [0.05, 0.1) is 11.3 Å². The minimum atomic E-state index is -0.667. The first-order chi connectivity index (χ1) is 9.02. The van der Waals surface area contributed by atoms with E-state index in [0.717, 1.165) is 0 Å². The molecule has 0 radical (unpaired) electrons. The van der Waals surface area contributed by atoms with E-state index in [0.29, 0.717) is 13.1 Å². The van der Waals surface area contributed by atoms with Crippen molar-refractivity contribution in [3.63, 3.8) is 0 Å². The molecular formula is C15H17NO3. The zero-order valence-electron chi connectivity index (χ0n) is 11.1. The summed E-state index contributed by atoms with van der Waals surface area (Å²) in [5, 5.41) is 0. The molecule has 2 aliphatic heterocycles. The molecule has 19 heavy (non-hydrogen) atoms. The molecule has 4 heteroatoms. The van der Waals surface area contributed by atoms with Gasteiger partial charge in [0, 0.05) is 19.1 Å².